The van der Waals surface area contributed by atoms with Gasteiger partial charge >= 0.3 is 0 Å². The van der Waals surface area contributed by atoms with Crippen LogP contribution in [0.2, 0.25) is 0 Å². The van der Waals surface area contributed by atoms with Crippen molar-refractivity contribution in [1.82, 2.24) is 19.1 Å². The molecule has 0 saturated heterocycles. The minimum absolute atomic E-state index is 0.518. The summed E-state index contributed by atoms with van der Waals surface area (Å²) in [5, 5.41) is 8.10. The number of thiophene rings is 1. The van der Waals surface area contributed by atoms with Crippen molar-refractivity contribution >= 4 is 97.3 Å². The Morgan fingerprint density at radius 2 is 1.10 bits per heavy atom. The number of furan rings is 1. The molecular weight excluding hydrogens is 729 g/mol. The maximum Gasteiger partial charge on any atom is 0.248 e. The second-order valence-corrected chi connectivity index (χ2v) is 16.3. The molecule has 0 atom stereocenters. The van der Waals surface area contributed by atoms with Gasteiger partial charge in [-0.2, -0.15) is 4.98 Å². The van der Waals surface area contributed by atoms with Crippen molar-refractivity contribution < 1.29 is 4.42 Å². The van der Waals surface area contributed by atoms with Gasteiger partial charge in [0.25, 0.3) is 0 Å². The highest BCUT2D eigenvalue weighted by Crippen LogP contribution is 2.52. The lowest BCUT2D eigenvalue weighted by Crippen LogP contribution is -2.03. The first-order valence-electron chi connectivity index (χ1n) is 19.6. The molecule has 5 aromatic heterocycles. The average Bonchev–Trinajstić information content (AvgIpc) is 4.01. The summed E-state index contributed by atoms with van der Waals surface area (Å²) < 4.78 is 13.9. The monoisotopic (exact) mass is 756 g/mol. The highest BCUT2D eigenvalue weighted by Gasteiger charge is 2.30. The van der Waals surface area contributed by atoms with E-state index in [1.807, 2.05) is 29.5 Å². The van der Waals surface area contributed by atoms with Crippen molar-refractivity contribution in [3.8, 4) is 45.0 Å². The normalized spacial score (nSPS) is 12.5. The minimum Gasteiger partial charge on any atom is -0.436 e. The number of hydrogen-bond acceptors (Lipinski definition) is 4. The molecule has 0 N–H and O–H groups in total. The lowest BCUT2D eigenvalue weighted by Gasteiger charge is -2.14. The van der Waals surface area contributed by atoms with Crippen molar-refractivity contribution in [2.45, 2.75) is 0 Å². The predicted octanol–water partition coefficient (Wildman–Crippen LogP) is 14.3. The number of benzene rings is 8. The molecule has 5 nitrogen and oxygen atoms in total. The summed E-state index contributed by atoms with van der Waals surface area (Å²) in [7, 11) is 0. The topological polar surface area (TPSA) is 48.8 Å². The van der Waals surface area contributed by atoms with Gasteiger partial charge in [-0.3, -0.25) is 4.57 Å². The van der Waals surface area contributed by atoms with E-state index in [0.29, 0.717) is 5.71 Å². The van der Waals surface area contributed by atoms with Crippen molar-refractivity contribution in [2.24, 2.45) is 0 Å². The summed E-state index contributed by atoms with van der Waals surface area (Å²) >= 11 is 1.82. The van der Waals surface area contributed by atoms with E-state index in [1.165, 1.54) is 75.3 Å². The average molecular weight is 757 g/mol. The van der Waals surface area contributed by atoms with E-state index < -0.39 is 0 Å². The summed E-state index contributed by atoms with van der Waals surface area (Å²) in [4.78, 5) is 11.2. The summed E-state index contributed by atoms with van der Waals surface area (Å²) in [6, 6.07) is 61.2. The second-order valence-electron chi connectivity index (χ2n) is 15.2. The molecule has 58 heavy (non-hydrogen) atoms. The van der Waals surface area contributed by atoms with Crippen LogP contribution in [-0.4, -0.2) is 19.1 Å². The molecule has 1 aliphatic heterocycles. The molecule has 0 amide bonds. The maximum absolute atomic E-state index is 6.54. The quantitative estimate of drug-likeness (QED) is 0.176. The van der Waals surface area contributed by atoms with Crippen LogP contribution in [0.25, 0.3) is 131 Å². The van der Waals surface area contributed by atoms with Crippen LogP contribution in [0, 0.1) is 0 Å². The summed E-state index contributed by atoms with van der Waals surface area (Å²) in [5.74, 6) is 0.737. The third-order valence-corrected chi connectivity index (χ3v) is 13.4. The van der Waals surface area contributed by atoms with Gasteiger partial charge in [0.05, 0.1) is 27.8 Å². The van der Waals surface area contributed by atoms with Crippen LogP contribution < -0.4 is 0 Å². The molecule has 8 aromatic carbocycles. The van der Waals surface area contributed by atoms with Crippen molar-refractivity contribution in [2.75, 3.05) is 0 Å². The summed E-state index contributed by atoms with van der Waals surface area (Å²) in [5.41, 5.74) is 14.5. The van der Waals surface area contributed by atoms with Gasteiger partial charge in [0.2, 0.25) is 5.71 Å². The molecule has 0 bridgehead atoms. The molecule has 13 aromatic rings. The molecule has 0 saturated carbocycles. The zero-order valence-corrected chi connectivity index (χ0v) is 31.6. The fourth-order valence-corrected chi connectivity index (χ4v) is 11.1. The Bertz CT molecular complexity index is 3940. The number of para-hydroxylation sites is 4. The Hall–Kier alpha value is -7.54. The van der Waals surface area contributed by atoms with Crippen molar-refractivity contribution in [3.63, 3.8) is 0 Å². The summed E-state index contributed by atoms with van der Waals surface area (Å²) in [6.07, 6.45) is 0. The molecule has 0 fully saturated rings. The highest BCUT2D eigenvalue weighted by molar-refractivity contribution is 7.25. The standard InChI is InChI=1S/C52H28N4OS/c1-2-17-32-29(14-1)30-15-3-8-22-38(30)55-39-23-9-4-16-31(39)37-28-41-46(47(32)50(37)55)33-18-5-10-24-40(33)56(41)51-48(53-49-34-19-6-11-25-42(34)57-52(49)54-51)36-21-13-27-44-45(36)35-20-7-12-26-43(35)58-44/h1-28H. The van der Waals surface area contributed by atoms with E-state index in [2.05, 4.69) is 161 Å². The maximum atomic E-state index is 6.54. The first kappa shape index (κ1) is 30.7. The van der Waals surface area contributed by atoms with E-state index in [9.17, 15) is 0 Å². The predicted molar refractivity (Wildman–Crippen MR) is 241 cm³/mol. The molecule has 0 spiro atoms. The van der Waals surface area contributed by atoms with Crippen LogP contribution in [0.1, 0.15) is 0 Å². The number of fused-ring (bicyclic) bond motifs is 18. The molecule has 0 radical (unpaired) electrons. The molecule has 0 aliphatic carbocycles. The first-order chi connectivity index (χ1) is 28.8. The first-order valence-corrected chi connectivity index (χ1v) is 20.4. The Kier molecular flexibility index (Phi) is 5.85. The van der Waals surface area contributed by atoms with Crippen LogP contribution >= 0.6 is 11.3 Å². The molecule has 14 rings (SSSR count). The SMILES string of the molecule is c1ccc2c(c1)-c1ccccc1-n1c3ccccc3c3cc4c(c-2c31)c1ccccc1n4-c1nc2oc3ccccc3c2nc1-c1cccc2sc3ccccc3c12. The zero-order valence-electron chi connectivity index (χ0n) is 30.8. The Morgan fingerprint density at radius 3 is 1.98 bits per heavy atom. The largest absolute Gasteiger partial charge is 0.436 e. The molecular formula is C52H28N4OS. The molecule has 1 aliphatic rings. The lowest BCUT2D eigenvalue weighted by atomic mass is 9.91. The van der Waals surface area contributed by atoms with Crippen LogP contribution in [-0.2, 0) is 0 Å². The molecule has 0 unspecified atom stereocenters. The third kappa shape index (κ3) is 3.85. The smallest absolute Gasteiger partial charge is 0.248 e. The van der Waals surface area contributed by atoms with Crippen LogP contribution in [0.4, 0.5) is 0 Å². The van der Waals surface area contributed by atoms with Gasteiger partial charge in [-0.1, -0.05) is 121 Å². The Morgan fingerprint density at radius 1 is 0.448 bits per heavy atom. The van der Waals surface area contributed by atoms with E-state index in [-0.39, 0.29) is 0 Å². The fourth-order valence-electron chi connectivity index (χ4n) is 9.97. The number of aromatic nitrogens is 4. The third-order valence-electron chi connectivity index (χ3n) is 12.3. The minimum atomic E-state index is 0.518. The lowest BCUT2D eigenvalue weighted by molar-refractivity contribution is 0.652. The van der Waals surface area contributed by atoms with Crippen molar-refractivity contribution in [1.29, 1.82) is 0 Å². The Balaban J connectivity index is 1.22. The van der Waals surface area contributed by atoms with Gasteiger partial charge in [0.1, 0.15) is 16.8 Å². The number of nitrogens with zero attached hydrogens (tertiary/aromatic N) is 4. The molecule has 268 valence electrons. The van der Waals surface area contributed by atoms with Gasteiger partial charge in [0.15, 0.2) is 5.82 Å². The van der Waals surface area contributed by atoms with Gasteiger partial charge in [-0.05, 0) is 59.7 Å². The number of hydrogen-bond donors (Lipinski definition) is 0. The van der Waals surface area contributed by atoms with E-state index in [0.717, 1.165) is 50.0 Å². The number of rotatable bonds is 2. The van der Waals surface area contributed by atoms with Gasteiger partial charge in [-0.15, -0.1) is 11.3 Å². The second kappa shape index (κ2) is 11.1. The summed E-state index contributed by atoms with van der Waals surface area (Å²) in [6.45, 7) is 0. The van der Waals surface area contributed by atoms with Crippen molar-refractivity contribution in [3.05, 3.63) is 170 Å². The van der Waals surface area contributed by atoms with Gasteiger partial charge in [0, 0.05) is 63.8 Å². The molecule has 6 heteroatoms. The van der Waals surface area contributed by atoms with Crippen LogP contribution in [0.5, 0.6) is 0 Å². The van der Waals surface area contributed by atoms with Crippen LogP contribution in [0.3, 0.4) is 0 Å². The van der Waals surface area contributed by atoms with Gasteiger partial charge < -0.3 is 8.98 Å². The fraction of sp³-hybridized carbons (Fsp3) is 0. The van der Waals surface area contributed by atoms with E-state index in [1.54, 1.807) is 0 Å². The van der Waals surface area contributed by atoms with E-state index in [4.69, 9.17) is 14.4 Å². The van der Waals surface area contributed by atoms with E-state index >= 15 is 0 Å². The molecule has 6 heterocycles. The highest BCUT2D eigenvalue weighted by atomic mass is 32.1. The Labute approximate surface area is 334 Å². The zero-order chi connectivity index (χ0) is 37.6. The van der Waals surface area contributed by atoms with Gasteiger partial charge in [-0.25, -0.2) is 4.98 Å². The van der Waals surface area contributed by atoms with Crippen LogP contribution in [0.15, 0.2) is 174 Å².